The molecule has 0 aliphatic heterocycles. The van der Waals surface area contributed by atoms with E-state index in [-0.39, 0.29) is 22.3 Å². The smallest absolute Gasteiger partial charge is 0.265 e. The monoisotopic (exact) mass is 428 g/mol. The van der Waals surface area contributed by atoms with Crippen molar-refractivity contribution >= 4 is 21.6 Å². The first-order valence-electron chi connectivity index (χ1n) is 9.34. The minimum Gasteiger partial charge on any atom is -0.495 e. The molecule has 8 heteroatoms. The van der Waals surface area contributed by atoms with Gasteiger partial charge in [-0.1, -0.05) is 17.7 Å². The molecule has 0 fully saturated rings. The second-order valence-corrected chi connectivity index (χ2v) is 8.63. The first-order valence-corrected chi connectivity index (χ1v) is 10.8. The number of carbonyl (C=O) groups is 1. The normalized spacial score (nSPS) is 12.3. The molecule has 2 aromatic carbocycles. The van der Waals surface area contributed by atoms with Crippen LogP contribution in [0.4, 0.5) is 5.69 Å². The summed E-state index contributed by atoms with van der Waals surface area (Å²) < 4.78 is 39.2. The van der Waals surface area contributed by atoms with E-state index in [1.54, 1.807) is 37.3 Å². The number of anilines is 1. The molecule has 0 spiro atoms. The minimum absolute atomic E-state index is 0.125. The van der Waals surface area contributed by atoms with E-state index in [1.807, 2.05) is 19.9 Å². The van der Waals surface area contributed by atoms with Crippen molar-refractivity contribution in [2.75, 3.05) is 11.8 Å². The van der Waals surface area contributed by atoms with Crippen molar-refractivity contribution in [1.82, 2.24) is 5.32 Å². The Labute approximate surface area is 176 Å². The van der Waals surface area contributed by atoms with Crippen LogP contribution in [0.3, 0.4) is 0 Å². The van der Waals surface area contributed by atoms with Gasteiger partial charge in [0.1, 0.15) is 22.2 Å². The zero-order valence-electron chi connectivity index (χ0n) is 17.2. The van der Waals surface area contributed by atoms with Gasteiger partial charge in [0.05, 0.1) is 13.2 Å². The summed E-state index contributed by atoms with van der Waals surface area (Å²) in [6.07, 6.45) is 0. The predicted molar refractivity (Wildman–Crippen MR) is 114 cm³/mol. The van der Waals surface area contributed by atoms with Crippen molar-refractivity contribution in [3.05, 3.63) is 77.2 Å². The van der Waals surface area contributed by atoms with Crippen molar-refractivity contribution in [3.63, 3.8) is 0 Å². The van der Waals surface area contributed by atoms with Crippen molar-refractivity contribution in [1.29, 1.82) is 0 Å². The van der Waals surface area contributed by atoms with Crippen LogP contribution in [0.25, 0.3) is 0 Å². The van der Waals surface area contributed by atoms with Crippen LogP contribution >= 0.6 is 0 Å². The Bertz CT molecular complexity index is 1150. The van der Waals surface area contributed by atoms with E-state index in [4.69, 9.17) is 9.15 Å². The van der Waals surface area contributed by atoms with Crippen LogP contribution < -0.4 is 14.8 Å². The van der Waals surface area contributed by atoms with E-state index in [0.29, 0.717) is 11.4 Å². The molecule has 7 nitrogen and oxygen atoms in total. The van der Waals surface area contributed by atoms with Gasteiger partial charge in [0.15, 0.2) is 0 Å². The zero-order valence-corrected chi connectivity index (χ0v) is 18.0. The molecule has 30 heavy (non-hydrogen) atoms. The van der Waals surface area contributed by atoms with Crippen molar-refractivity contribution in [2.45, 2.75) is 31.7 Å². The van der Waals surface area contributed by atoms with Gasteiger partial charge in [0.25, 0.3) is 15.9 Å². The Balaban J connectivity index is 1.87. The molecule has 0 aliphatic carbocycles. The average Bonchev–Trinajstić information content (AvgIpc) is 3.15. The molecule has 1 aromatic heterocycles. The molecule has 158 valence electrons. The lowest BCUT2D eigenvalue weighted by atomic mass is 10.1. The summed E-state index contributed by atoms with van der Waals surface area (Å²) in [4.78, 5) is 12.6. The van der Waals surface area contributed by atoms with Gasteiger partial charge in [-0.05, 0) is 63.2 Å². The number of amides is 1. The number of hydrogen-bond acceptors (Lipinski definition) is 5. The second kappa shape index (κ2) is 8.62. The highest BCUT2D eigenvalue weighted by Crippen LogP contribution is 2.27. The Morgan fingerprint density at radius 3 is 2.33 bits per heavy atom. The summed E-state index contributed by atoms with van der Waals surface area (Å²) >= 11 is 0. The molecular weight excluding hydrogens is 404 g/mol. The van der Waals surface area contributed by atoms with E-state index < -0.39 is 15.9 Å². The first-order chi connectivity index (χ1) is 14.2. The van der Waals surface area contributed by atoms with Crippen LogP contribution in [0.2, 0.25) is 0 Å². The number of nitrogens with one attached hydrogen (secondary N) is 2. The summed E-state index contributed by atoms with van der Waals surface area (Å²) in [5.41, 5.74) is 1.62. The topological polar surface area (TPSA) is 97.6 Å². The lowest BCUT2D eigenvalue weighted by Crippen LogP contribution is -2.26. The Kier molecular flexibility index (Phi) is 6.17. The highest BCUT2D eigenvalue weighted by atomic mass is 32.2. The third-order valence-corrected chi connectivity index (χ3v) is 5.96. The van der Waals surface area contributed by atoms with Crippen molar-refractivity contribution < 1.29 is 22.4 Å². The fourth-order valence-corrected chi connectivity index (χ4v) is 4.15. The quantitative estimate of drug-likeness (QED) is 0.588. The average molecular weight is 429 g/mol. The lowest BCUT2D eigenvalue weighted by molar-refractivity contribution is 0.0935. The number of sulfonamides is 1. The van der Waals surface area contributed by atoms with Gasteiger partial charge in [-0.2, -0.15) is 0 Å². The molecule has 3 aromatic rings. The van der Waals surface area contributed by atoms with E-state index in [1.165, 1.54) is 25.3 Å². The van der Waals surface area contributed by atoms with Gasteiger partial charge < -0.3 is 14.5 Å². The predicted octanol–water partition coefficient (Wildman–Crippen LogP) is 4.20. The van der Waals surface area contributed by atoms with Crippen molar-refractivity contribution in [2.24, 2.45) is 0 Å². The van der Waals surface area contributed by atoms with Gasteiger partial charge in [-0.15, -0.1) is 0 Å². The molecule has 1 amide bonds. The van der Waals surface area contributed by atoms with Crippen LogP contribution in [-0.4, -0.2) is 21.4 Å². The maximum atomic E-state index is 12.9. The van der Waals surface area contributed by atoms with Gasteiger partial charge in [0, 0.05) is 11.3 Å². The van der Waals surface area contributed by atoms with Crippen LogP contribution in [0.15, 0.2) is 63.9 Å². The summed E-state index contributed by atoms with van der Waals surface area (Å²) in [5, 5.41) is 2.81. The van der Waals surface area contributed by atoms with E-state index >= 15 is 0 Å². The molecule has 0 radical (unpaired) electrons. The van der Waals surface area contributed by atoms with E-state index in [2.05, 4.69) is 10.0 Å². The van der Waals surface area contributed by atoms with Crippen LogP contribution in [0, 0.1) is 13.8 Å². The molecule has 0 bridgehead atoms. The number of methoxy groups -OCH3 is 1. The second-order valence-electron chi connectivity index (χ2n) is 6.98. The Hall–Kier alpha value is -3.26. The Morgan fingerprint density at radius 2 is 1.73 bits per heavy atom. The molecule has 2 N–H and O–H groups in total. The number of furan rings is 1. The van der Waals surface area contributed by atoms with Gasteiger partial charge in [-0.25, -0.2) is 8.42 Å². The number of ether oxygens (including phenoxy) is 1. The SMILES string of the molecule is COc1ccc(C(=O)NC(C)c2ccc(C)o2)cc1S(=O)(=O)Nc1ccc(C)cc1. The molecular formula is C22H24N2O5S. The summed E-state index contributed by atoms with van der Waals surface area (Å²) in [5.74, 6) is 1.07. The first kappa shape index (κ1) is 21.4. The van der Waals surface area contributed by atoms with Crippen molar-refractivity contribution in [3.8, 4) is 5.75 Å². The highest BCUT2D eigenvalue weighted by Gasteiger charge is 2.23. The maximum absolute atomic E-state index is 12.9. The molecule has 0 aliphatic rings. The standard InChI is InChI=1S/C22H24N2O5S/c1-14-5-9-18(10-6-14)24-30(26,27)21-13-17(8-12-20(21)28-4)22(25)23-16(3)19-11-7-15(2)29-19/h5-13,16,24H,1-4H3,(H,23,25). The van der Waals surface area contributed by atoms with Crippen LogP contribution in [0.1, 0.15) is 40.4 Å². The fourth-order valence-electron chi connectivity index (χ4n) is 2.90. The van der Waals surface area contributed by atoms with E-state index in [0.717, 1.165) is 11.3 Å². The largest absolute Gasteiger partial charge is 0.495 e. The number of rotatable bonds is 7. The molecule has 0 saturated carbocycles. The van der Waals surface area contributed by atoms with E-state index in [9.17, 15) is 13.2 Å². The summed E-state index contributed by atoms with van der Waals surface area (Å²) in [7, 11) is -2.60. The number of carbonyl (C=O) groups excluding carboxylic acids is 1. The van der Waals surface area contributed by atoms with Crippen LogP contribution in [-0.2, 0) is 10.0 Å². The third-order valence-electron chi connectivity index (χ3n) is 4.55. The molecule has 0 saturated heterocycles. The Morgan fingerprint density at radius 1 is 1.03 bits per heavy atom. The molecule has 1 unspecified atom stereocenters. The number of hydrogen-bond donors (Lipinski definition) is 2. The zero-order chi connectivity index (χ0) is 21.9. The number of aryl methyl sites for hydroxylation is 2. The number of benzene rings is 2. The van der Waals surface area contributed by atoms with Gasteiger partial charge >= 0.3 is 0 Å². The lowest BCUT2D eigenvalue weighted by Gasteiger charge is -2.15. The maximum Gasteiger partial charge on any atom is 0.265 e. The summed E-state index contributed by atoms with van der Waals surface area (Å²) in [6, 6.07) is 14.4. The minimum atomic E-state index is -3.98. The van der Waals surface area contributed by atoms with Gasteiger partial charge in [0.2, 0.25) is 0 Å². The molecule has 1 heterocycles. The van der Waals surface area contributed by atoms with Gasteiger partial charge in [-0.3, -0.25) is 9.52 Å². The molecule has 3 rings (SSSR count). The van der Waals surface area contributed by atoms with Crippen LogP contribution in [0.5, 0.6) is 5.75 Å². The highest BCUT2D eigenvalue weighted by molar-refractivity contribution is 7.92. The molecule has 1 atom stereocenters. The third kappa shape index (κ3) is 4.83. The fraction of sp³-hybridized carbons (Fsp3) is 0.227. The summed E-state index contributed by atoms with van der Waals surface area (Å²) in [6.45, 7) is 5.52.